The molecular weight excluding hydrogens is 344 g/mol. The quantitative estimate of drug-likeness (QED) is 0.623. The number of nitrogens with one attached hydrogen (secondary N) is 3. The zero-order valence-corrected chi connectivity index (χ0v) is 14.8. The largest absolute Gasteiger partial charge is 0.495 e. The SMILES string of the molecule is COCCNC(=O)Cc1csc(NC(=O)Nc2ccccc2OC)n1. The molecule has 2 aromatic rings. The summed E-state index contributed by atoms with van der Waals surface area (Å²) in [5, 5.41) is 10.2. The van der Waals surface area contributed by atoms with Gasteiger partial charge in [-0.3, -0.25) is 10.1 Å². The minimum absolute atomic E-state index is 0.146. The van der Waals surface area contributed by atoms with Crippen molar-refractivity contribution in [3.05, 3.63) is 35.3 Å². The number of methoxy groups -OCH3 is 2. The van der Waals surface area contributed by atoms with E-state index in [9.17, 15) is 9.59 Å². The highest BCUT2D eigenvalue weighted by atomic mass is 32.1. The van der Waals surface area contributed by atoms with Crippen LogP contribution >= 0.6 is 11.3 Å². The summed E-state index contributed by atoms with van der Waals surface area (Å²) in [6, 6.07) is 6.65. The zero-order valence-electron chi connectivity index (χ0n) is 14.0. The molecule has 1 aromatic heterocycles. The number of amides is 3. The topological polar surface area (TPSA) is 102 Å². The molecule has 0 fully saturated rings. The van der Waals surface area contributed by atoms with E-state index >= 15 is 0 Å². The maximum Gasteiger partial charge on any atom is 0.325 e. The smallest absolute Gasteiger partial charge is 0.325 e. The highest BCUT2D eigenvalue weighted by molar-refractivity contribution is 7.14. The zero-order chi connectivity index (χ0) is 18.1. The number of carbonyl (C=O) groups excluding carboxylic acids is 2. The van der Waals surface area contributed by atoms with Gasteiger partial charge in [-0.25, -0.2) is 9.78 Å². The van der Waals surface area contributed by atoms with Crippen LogP contribution in [0.3, 0.4) is 0 Å². The Balaban J connectivity index is 1.86. The second-order valence-corrected chi connectivity index (χ2v) is 5.80. The second-order valence-electron chi connectivity index (χ2n) is 4.94. The predicted molar refractivity (Wildman–Crippen MR) is 96.3 cm³/mol. The van der Waals surface area contributed by atoms with Crippen molar-refractivity contribution in [3.8, 4) is 5.75 Å². The van der Waals surface area contributed by atoms with E-state index in [1.807, 2.05) is 6.07 Å². The molecule has 0 radical (unpaired) electrons. The van der Waals surface area contributed by atoms with E-state index in [4.69, 9.17) is 9.47 Å². The summed E-state index contributed by atoms with van der Waals surface area (Å²) in [5.74, 6) is 0.414. The molecule has 3 amide bonds. The molecule has 2 rings (SSSR count). The molecule has 9 heteroatoms. The van der Waals surface area contributed by atoms with Crippen molar-refractivity contribution in [2.45, 2.75) is 6.42 Å². The van der Waals surface area contributed by atoms with E-state index in [1.54, 1.807) is 30.7 Å². The predicted octanol–water partition coefficient (Wildman–Crippen LogP) is 2.10. The molecule has 3 N–H and O–H groups in total. The van der Waals surface area contributed by atoms with Gasteiger partial charge in [-0.2, -0.15) is 0 Å². The van der Waals surface area contributed by atoms with Gasteiger partial charge in [0.15, 0.2) is 5.13 Å². The number of para-hydroxylation sites is 2. The third-order valence-electron chi connectivity index (χ3n) is 3.10. The lowest BCUT2D eigenvalue weighted by atomic mass is 10.3. The molecule has 0 atom stereocenters. The normalized spacial score (nSPS) is 10.2. The van der Waals surface area contributed by atoms with Crippen molar-refractivity contribution in [2.24, 2.45) is 0 Å². The lowest BCUT2D eigenvalue weighted by Gasteiger charge is -2.09. The van der Waals surface area contributed by atoms with Gasteiger partial charge in [0.05, 0.1) is 31.5 Å². The lowest BCUT2D eigenvalue weighted by Crippen LogP contribution is -2.28. The van der Waals surface area contributed by atoms with Gasteiger partial charge in [-0.05, 0) is 12.1 Å². The summed E-state index contributed by atoms with van der Waals surface area (Å²) in [7, 11) is 3.10. The second kappa shape index (κ2) is 9.60. The van der Waals surface area contributed by atoms with Crippen LogP contribution in [0.15, 0.2) is 29.6 Å². The number of ether oxygens (including phenoxy) is 2. The fourth-order valence-corrected chi connectivity index (χ4v) is 2.67. The molecule has 134 valence electrons. The van der Waals surface area contributed by atoms with E-state index in [2.05, 4.69) is 20.9 Å². The Kier molecular flexibility index (Phi) is 7.17. The minimum Gasteiger partial charge on any atom is -0.495 e. The van der Waals surface area contributed by atoms with Crippen molar-refractivity contribution in [2.75, 3.05) is 38.0 Å². The number of thiazole rings is 1. The first-order valence-corrected chi connectivity index (χ1v) is 8.41. The fraction of sp³-hybridized carbons (Fsp3) is 0.312. The lowest BCUT2D eigenvalue weighted by molar-refractivity contribution is -0.120. The van der Waals surface area contributed by atoms with E-state index in [0.717, 1.165) is 0 Å². The van der Waals surface area contributed by atoms with Gasteiger partial charge in [-0.1, -0.05) is 12.1 Å². The molecule has 0 aliphatic rings. The first kappa shape index (κ1) is 18.7. The number of aromatic nitrogens is 1. The summed E-state index contributed by atoms with van der Waals surface area (Å²) >= 11 is 1.25. The molecule has 0 unspecified atom stereocenters. The Morgan fingerprint density at radius 3 is 2.76 bits per heavy atom. The standard InChI is InChI=1S/C16H20N4O4S/c1-23-8-7-17-14(21)9-11-10-25-16(18-11)20-15(22)19-12-5-3-4-6-13(12)24-2/h3-6,10H,7-9H2,1-2H3,(H,17,21)(H2,18,19,20,22). The molecule has 1 heterocycles. The van der Waals surface area contributed by atoms with Gasteiger partial charge < -0.3 is 20.1 Å². The molecule has 0 bridgehead atoms. The van der Waals surface area contributed by atoms with Crippen LogP contribution in [-0.4, -0.2) is 44.3 Å². The molecule has 0 aliphatic carbocycles. The van der Waals surface area contributed by atoms with Gasteiger partial charge in [0.25, 0.3) is 0 Å². The molecule has 8 nitrogen and oxygen atoms in total. The maximum absolute atomic E-state index is 12.1. The molecule has 0 aliphatic heterocycles. The van der Waals surface area contributed by atoms with Gasteiger partial charge in [0, 0.05) is 19.0 Å². The number of rotatable bonds is 8. The fourth-order valence-electron chi connectivity index (χ4n) is 1.96. The molecule has 0 spiro atoms. The summed E-state index contributed by atoms with van der Waals surface area (Å²) in [5.41, 5.74) is 1.14. The van der Waals surface area contributed by atoms with Crippen LogP contribution in [0.25, 0.3) is 0 Å². The Bertz CT molecular complexity index is 720. The highest BCUT2D eigenvalue weighted by Crippen LogP contribution is 2.23. The van der Waals surface area contributed by atoms with Crippen molar-refractivity contribution in [1.29, 1.82) is 0 Å². The monoisotopic (exact) mass is 364 g/mol. The third-order valence-corrected chi connectivity index (χ3v) is 3.90. The summed E-state index contributed by atoms with van der Waals surface area (Å²) < 4.78 is 10.0. The highest BCUT2D eigenvalue weighted by Gasteiger charge is 2.11. The van der Waals surface area contributed by atoms with Crippen molar-refractivity contribution in [1.82, 2.24) is 10.3 Å². The summed E-state index contributed by atoms with van der Waals surface area (Å²) in [6.07, 6.45) is 0.149. The van der Waals surface area contributed by atoms with Crippen LogP contribution in [-0.2, 0) is 16.0 Å². The van der Waals surface area contributed by atoms with Crippen LogP contribution in [0.1, 0.15) is 5.69 Å². The van der Waals surface area contributed by atoms with Crippen LogP contribution < -0.4 is 20.7 Å². The van der Waals surface area contributed by atoms with E-state index in [-0.39, 0.29) is 12.3 Å². The van der Waals surface area contributed by atoms with Gasteiger partial charge >= 0.3 is 6.03 Å². The number of nitrogens with zero attached hydrogens (tertiary/aromatic N) is 1. The van der Waals surface area contributed by atoms with E-state index < -0.39 is 6.03 Å². The number of carbonyl (C=O) groups is 2. The number of hydrogen-bond donors (Lipinski definition) is 3. The maximum atomic E-state index is 12.1. The van der Waals surface area contributed by atoms with Gasteiger partial charge in [0.2, 0.25) is 5.91 Å². The van der Waals surface area contributed by atoms with Crippen molar-refractivity contribution in [3.63, 3.8) is 0 Å². The molecule has 0 saturated heterocycles. The molecule has 1 aromatic carbocycles. The minimum atomic E-state index is -0.435. The van der Waals surface area contributed by atoms with Crippen LogP contribution in [0.4, 0.5) is 15.6 Å². The average molecular weight is 364 g/mol. The molecule has 0 saturated carbocycles. The van der Waals surface area contributed by atoms with Crippen LogP contribution in [0.5, 0.6) is 5.75 Å². The first-order valence-electron chi connectivity index (χ1n) is 7.53. The summed E-state index contributed by atoms with van der Waals surface area (Å²) in [4.78, 5) is 28.0. The first-order chi connectivity index (χ1) is 12.1. The Labute approximate surface area is 149 Å². The van der Waals surface area contributed by atoms with Gasteiger partial charge in [0.1, 0.15) is 5.75 Å². The molecule has 25 heavy (non-hydrogen) atoms. The number of hydrogen-bond acceptors (Lipinski definition) is 6. The van der Waals surface area contributed by atoms with E-state index in [0.29, 0.717) is 35.4 Å². The number of anilines is 2. The van der Waals surface area contributed by atoms with Crippen LogP contribution in [0, 0.1) is 0 Å². The van der Waals surface area contributed by atoms with Crippen molar-refractivity contribution < 1.29 is 19.1 Å². The van der Waals surface area contributed by atoms with Crippen LogP contribution in [0.2, 0.25) is 0 Å². The molecular formula is C16H20N4O4S. The average Bonchev–Trinajstić information content (AvgIpc) is 3.02. The third kappa shape index (κ3) is 6.05. The van der Waals surface area contributed by atoms with E-state index in [1.165, 1.54) is 18.4 Å². The van der Waals surface area contributed by atoms with Gasteiger partial charge in [-0.15, -0.1) is 11.3 Å². The Morgan fingerprint density at radius 1 is 1.20 bits per heavy atom. The summed E-state index contributed by atoms with van der Waals surface area (Å²) in [6.45, 7) is 0.907. The number of benzene rings is 1. The Morgan fingerprint density at radius 2 is 2.00 bits per heavy atom. The van der Waals surface area contributed by atoms with Crippen molar-refractivity contribution >= 4 is 34.1 Å². The Hall–Kier alpha value is -2.65. The number of urea groups is 1.